The molecule has 106 valence electrons. The molecule has 1 heterocycles. The standard InChI is InChI=1S/C15H18ClN3O/c16-12-8-6-11(7-9-12)15-18-14(20-19-15)10-17-13-4-2-1-3-5-13/h6-9,13,17H,1-5,10H2. The summed E-state index contributed by atoms with van der Waals surface area (Å²) in [6.45, 7) is 0.644. The van der Waals surface area contributed by atoms with Crippen LogP contribution in [0.15, 0.2) is 28.8 Å². The molecule has 5 heteroatoms. The maximum Gasteiger partial charge on any atom is 0.240 e. The molecule has 4 nitrogen and oxygen atoms in total. The molecule has 0 unspecified atom stereocenters. The van der Waals surface area contributed by atoms with E-state index in [0.29, 0.717) is 29.3 Å². The fraction of sp³-hybridized carbons (Fsp3) is 0.467. The molecule has 1 fully saturated rings. The lowest BCUT2D eigenvalue weighted by atomic mass is 9.95. The van der Waals surface area contributed by atoms with Crippen LogP contribution in [0.5, 0.6) is 0 Å². The predicted octanol–water partition coefficient (Wildman–Crippen LogP) is 3.81. The van der Waals surface area contributed by atoms with Crippen molar-refractivity contribution < 1.29 is 4.52 Å². The summed E-state index contributed by atoms with van der Waals surface area (Å²) in [5, 5.41) is 8.21. The zero-order chi connectivity index (χ0) is 13.8. The van der Waals surface area contributed by atoms with Crippen LogP contribution in [-0.4, -0.2) is 16.2 Å². The second-order valence-corrected chi connectivity index (χ2v) is 5.67. The van der Waals surface area contributed by atoms with Crippen LogP contribution < -0.4 is 5.32 Å². The largest absolute Gasteiger partial charge is 0.338 e. The minimum atomic E-state index is 0.592. The van der Waals surface area contributed by atoms with E-state index in [-0.39, 0.29) is 0 Å². The van der Waals surface area contributed by atoms with Gasteiger partial charge in [0.05, 0.1) is 6.54 Å². The van der Waals surface area contributed by atoms with Crippen molar-refractivity contribution >= 4 is 11.6 Å². The Morgan fingerprint density at radius 2 is 1.90 bits per heavy atom. The molecule has 20 heavy (non-hydrogen) atoms. The number of hydrogen-bond donors (Lipinski definition) is 1. The van der Waals surface area contributed by atoms with Gasteiger partial charge in [-0.15, -0.1) is 0 Å². The average Bonchev–Trinajstić information content (AvgIpc) is 2.96. The van der Waals surface area contributed by atoms with Gasteiger partial charge in [-0.1, -0.05) is 36.0 Å². The Morgan fingerprint density at radius 1 is 1.15 bits per heavy atom. The van der Waals surface area contributed by atoms with Crippen molar-refractivity contribution in [3.63, 3.8) is 0 Å². The molecule has 0 saturated heterocycles. The monoisotopic (exact) mass is 291 g/mol. The Morgan fingerprint density at radius 3 is 2.65 bits per heavy atom. The highest BCUT2D eigenvalue weighted by atomic mass is 35.5. The summed E-state index contributed by atoms with van der Waals surface area (Å²) in [6.07, 6.45) is 6.49. The van der Waals surface area contributed by atoms with Crippen LogP contribution >= 0.6 is 11.6 Å². The summed E-state index contributed by atoms with van der Waals surface area (Å²) in [5.74, 6) is 1.25. The normalized spacial score (nSPS) is 16.4. The van der Waals surface area contributed by atoms with Crippen LogP contribution in [0.4, 0.5) is 0 Å². The maximum absolute atomic E-state index is 5.87. The molecule has 0 radical (unpaired) electrons. The van der Waals surface area contributed by atoms with Crippen molar-refractivity contribution in [2.45, 2.75) is 44.7 Å². The highest BCUT2D eigenvalue weighted by molar-refractivity contribution is 6.30. The summed E-state index contributed by atoms with van der Waals surface area (Å²) < 4.78 is 5.28. The van der Waals surface area contributed by atoms with E-state index in [1.165, 1.54) is 32.1 Å². The molecule has 0 amide bonds. The van der Waals surface area contributed by atoms with Crippen molar-refractivity contribution in [2.24, 2.45) is 0 Å². The van der Waals surface area contributed by atoms with E-state index in [9.17, 15) is 0 Å². The second-order valence-electron chi connectivity index (χ2n) is 5.23. The van der Waals surface area contributed by atoms with Crippen molar-refractivity contribution in [3.05, 3.63) is 35.2 Å². The lowest BCUT2D eigenvalue weighted by Gasteiger charge is -2.21. The molecule has 1 aliphatic carbocycles. The first-order valence-corrected chi connectivity index (χ1v) is 7.51. The number of hydrogen-bond acceptors (Lipinski definition) is 4. The van der Waals surface area contributed by atoms with E-state index < -0.39 is 0 Å². The highest BCUT2D eigenvalue weighted by Gasteiger charge is 2.14. The van der Waals surface area contributed by atoms with Gasteiger partial charge < -0.3 is 9.84 Å². The molecule has 1 aromatic carbocycles. The molecule has 3 rings (SSSR count). The maximum atomic E-state index is 5.87. The quantitative estimate of drug-likeness (QED) is 0.930. The molecule has 1 saturated carbocycles. The van der Waals surface area contributed by atoms with Gasteiger partial charge in [-0.2, -0.15) is 4.98 Å². The van der Waals surface area contributed by atoms with Gasteiger partial charge >= 0.3 is 0 Å². The molecule has 1 aromatic heterocycles. The van der Waals surface area contributed by atoms with Gasteiger partial charge in [0.15, 0.2) is 0 Å². The van der Waals surface area contributed by atoms with Crippen LogP contribution in [0.25, 0.3) is 11.4 Å². The minimum Gasteiger partial charge on any atom is -0.338 e. The van der Waals surface area contributed by atoms with Gasteiger partial charge in [-0.3, -0.25) is 0 Å². The highest BCUT2D eigenvalue weighted by Crippen LogP contribution is 2.20. The number of halogens is 1. The topological polar surface area (TPSA) is 51.0 Å². The Bertz CT molecular complexity index is 547. The van der Waals surface area contributed by atoms with Gasteiger partial charge in [0.2, 0.25) is 11.7 Å². The molecule has 2 aromatic rings. The first-order valence-electron chi connectivity index (χ1n) is 7.13. The smallest absolute Gasteiger partial charge is 0.240 e. The van der Waals surface area contributed by atoms with Crippen LogP contribution in [0.1, 0.15) is 38.0 Å². The molecular weight excluding hydrogens is 274 g/mol. The summed E-state index contributed by atoms with van der Waals surface area (Å²) in [4.78, 5) is 4.41. The average molecular weight is 292 g/mol. The number of benzene rings is 1. The van der Waals surface area contributed by atoms with Crippen molar-refractivity contribution in [3.8, 4) is 11.4 Å². The zero-order valence-corrected chi connectivity index (χ0v) is 12.1. The lowest BCUT2D eigenvalue weighted by Crippen LogP contribution is -2.30. The SMILES string of the molecule is Clc1ccc(-c2noc(CNC3CCCCC3)n2)cc1. The molecule has 0 spiro atoms. The molecule has 0 aliphatic heterocycles. The van der Waals surface area contributed by atoms with Gasteiger partial charge in [0, 0.05) is 16.6 Å². The summed E-state index contributed by atoms with van der Waals surface area (Å²) in [7, 11) is 0. The molecule has 0 bridgehead atoms. The fourth-order valence-electron chi connectivity index (χ4n) is 2.58. The predicted molar refractivity (Wildman–Crippen MR) is 78.5 cm³/mol. The third-order valence-electron chi connectivity index (χ3n) is 3.72. The van der Waals surface area contributed by atoms with Gasteiger partial charge in [-0.25, -0.2) is 0 Å². The van der Waals surface area contributed by atoms with Crippen LogP contribution in [0, 0.1) is 0 Å². The van der Waals surface area contributed by atoms with E-state index in [4.69, 9.17) is 16.1 Å². The lowest BCUT2D eigenvalue weighted by molar-refractivity contribution is 0.327. The Balaban J connectivity index is 1.60. The molecular formula is C15H18ClN3O. The Hall–Kier alpha value is -1.39. The van der Waals surface area contributed by atoms with E-state index in [1.807, 2.05) is 24.3 Å². The van der Waals surface area contributed by atoms with Crippen LogP contribution in [0.3, 0.4) is 0 Å². The zero-order valence-electron chi connectivity index (χ0n) is 11.3. The summed E-state index contributed by atoms with van der Waals surface area (Å²) in [6, 6.07) is 8.03. The van der Waals surface area contributed by atoms with Crippen molar-refractivity contribution in [1.82, 2.24) is 15.5 Å². The Kier molecular flexibility index (Phi) is 4.33. The van der Waals surface area contributed by atoms with Crippen molar-refractivity contribution in [1.29, 1.82) is 0 Å². The van der Waals surface area contributed by atoms with Crippen LogP contribution in [-0.2, 0) is 6.54 Å². The first-order chi connectivity index (χ1) is 9.81. The van der Waals surface area contributed by atoms with E-state index in [0.717, 1.165) is 5.56 Å². The van der Waals surface area contributed by atoms with E-state index in [2.05, 4.69) is 15.5 Å². The fourth-order valence-corrected chi connectivity index (χ4v) is 2.71. The first kappa shape index (κ1) is 13.6. The number of aromatic nitrogens is 2. The molecule has 1 aliphatic rings. The van der Waals surface area contributed by atoms with Gasteiger partial charge in [-0.05, 0) is 37.1 Å². The van der Waals surface area contributed by atoms with Gasteiger partial charge in [0.25, 0.3) is 0 Å². The van der Waals surface area contributed by atoms with Crippen molar-refractivity contribution in [2.75, 3.05) is 0 Å². The van der Waals surface area contributed by atoms with E-state index >= 15 is 0 Å². The summed E-state index contributed by atoms with van der Waals surface area (Å²) in [5.41, 5.74) is 0.919. The number of rotatable bonds is 4. The van der Waals surface area contributed by atoms with Gasteiger partial charge in [0.1, 0.15) is 0 Å². The molecule has 0 atom stereocenters. The molecule has 1 N–H and O–H groups in total. The number of nitrogens with one attached hydrogen (secondary N) is 1. The Labute approximate surface area is 123 Å². The van der Waals surface area contributed by atoms with E-state index in [1.54, 1.807) is 0 Å². The third-order valence-corrected chi connectivity index (χ3v) is 3.97. The second kappa shape index (κ2) is 6.37. The minimum absolute atomic E-state index is 0.592. The third kappa shape index (κ3) is 3.38. The summed E-state index contributed by atoms with van der Waals surface area (Å²) >= 11 is 5.87. The number of nitrogens with zero attached hydrogens (tertiary/aromatic N) is 2. The van der Waals surface area contributed by atoms with Crippen LogP contribution in [0.2, 0.25) is 5.02 Å².